The lowest BCUT2D eigenvalue weighted by Crippen LogP contribution is -2.37. The van der Waals surface area contributed by atoms with Crippen molar-refractivity contribution >= 4 is 0 Å². The molecule has 1 saturated carbocycles. The third kappa shape index (κ3) is 1.23. The van der Waals surface area contributed by atoms with Crippen LogP contribution in [0, 0.1) is 0 Å². The second-order valence-corrected chi connectivity index (χ2v) is 3.33. The van der Waals surface area contributed by atoms with Crippen LogP contribution in [0.4, 0.5) is 0 Å². The maximum atomic E-state index is 8.77. The van der Waals surface area contributed by atoms with Gasteiger partial charge in [0.05, 0.1) is 18.3 Å². The number of nitrogens with two attached hydrogens (primary N) is 1. The predicted octanol–water partition coefficient (Wildman–Crippen LogP) is 0.0376. The first-order chi connectivity index (χ1) is 5.79. The Morgan fingerprint density at radius 2 is 2.42 bits per heavy atom. The predicted molar refractivity (Wildman–Crippen MR) is 44.4 cm³/mol. The first-order valence-corrected chi connectivity index (χ1v) is 4.20. The van der Waals surface area contributed by atoms with Gasteiger partial charge in [0.25, 0.3) is 0 Å². The molecule has 1 heterocycles. The SMILES string of the molecule is N[C@H]1C[C@@H](n2ccc(CO)n2)C1. The zero-order valence-electron chi connectivity index (χ0n) is 6.85. The molecule has 0 spiro atoms. The van der Waals surface area contributed by atoms with E-state index in [9.17, 15) is 0 Å². The van der Waals surface area contributed by atoms with E-state index in [2.05, 4.69) is 5.10 Å². The third-order valence-corrected chi connectivity index (χ3v) is 2.35. The van der Waals surface area contributed by atoms with Gasteiger partial charge in [-0.05, 0) is 18.9 Å². The highest BCUT2D eigenvalue weighted by atomic mass is 16.3. The average molecular weight is 167 g/mol. The second-order valence-electron chi connectivity index (χ2n) is 3.33. The molecule has 0 aliphatic heterocycles. The summed E-state index contributed by atoms with van der Waals surface area (Å²) in [5, 5.41) is 13.0. The molecule has 1 aliphatic carbocycles. The van der Waals surface area contributed by atoms with E-state index in [1.54, 1.807) is 0 Å². The van der Waals surface area contributed by atoms with Gasteiger partial charge in [-0.1, -0.05) is 0 Å². The zero-order chi connectivity index (χ0) is 8.55. The van der Waals surface area contributed by atoms with Crippen molar-refractivity contribution < 1.29 is 5.11 Å². The van der Waals surface area contributed by atoms with Gasteiger partial charge in [-0.15, -0.1) is 0 Å². The summed E-state index contributed by atoms with van der Waals surface area (Å²) in [6.07, 6.45) is 3.92. The van der Waals surface area contributed by atoms with E-state index in [4.69, 9.17) is 10.8 Å². The van der Waals surface area contributed by atoms with Crippen LogP contribution >= 0.6 is 0 Å². The minimum Gasteiger partial charge on any atom is -0.390 e. The molecule has 0 atom stereocenters. The Balaban J connectivity index is 2.04. The second kappa shape index (κ2) is 2.88. The minimum atomic E-state index is 0.0196. The zero-order valence-corrected chi connectivity index (χ0v) is 6.85. The largest absolute Gasteiger partial charge is 0.390 e. The van der Waals surface area contributed by atoms with Gasteiger partial charge in [-0.2, -0.15) is 5.10 Å². The lowest BCUT2D eigenvalue weighted by molar-refractivity contribution is 0.238. The molecule has 12 heavy (non-hydrogen) atoms. The summed E-state index contributed by atoms with van der Waals surface area (Å²) in [5.74, 6) is 0. The molecule has 0 amide bonds. The van der Waals surface area contributed by atoms with Gasteiger partial charge in [0, 0.05) is 12.2 Å². The molecule has 1 aromatic heterocycles. The average Bonchev–Trinajstić information content (AvgIpc) is 2.46. The van der Waals surface area contributed by atoms with Crippen molar-refractivity contribution in [2.45, 2.75) is 31.5 Å². The van der Waals surface area contributed by atoms with Crippen LogP contribution in [0.5, 0.6) is 0 Å². The molecule has 66 valence electrons. The highest BCUT2D eigenvalue weighted by Gasteiger charge is 2.27. The van der Waals surface area contributed by atoms with Crippen molar-refractivity contribution in [3.63, 3.8) is 0 Å². The number of hydrogen-bond acceptors (Lipinski definition) is 3. The first kappa shape index (κ1) is 7.76. The monoisotopic (exact) mass is 167 g/mol. The summed E-state index contributed by atoms with van der Waals surface area (Å²) < 4.78 is 1.90. The lowest BCUT2D eigenvalue weighted by atomic mass is 9.88. The van der Waals surface area contributed by atoms with E-state index < -0.39 is 0 Å². The maximum absolute atomic E-state index is 8.77. The minimum absolute atomic E-state index is 0.0196. The van der Waals surface area contributed by atoms with Crippen molar-refractivity contribution in [1.82, 2.24) is 9.78 Å². The Kier molecular flexibility index (Phi) is 1.86. The van der Waals surface area contributed by atoms with Crippen LogP contribution < -0.4 is 5.73 Å². The van der Waals surface area contributed by atoms with Crippen LogP contribution in [-0.2, 0) is 6.61 Å². The Morgan fingerprint density at radius 3 is 2.92 bits per heavy atom. The standard InChI is InChI=1S/C8H13N3O/c9-6-3-8(4-6)11-2-1-7(5-12)10-11/h1-2,6,8,12H,3-5,9H2/t6-,8+. The Labute approximate surface area is 71.0 Å². The number of nitrogens with zero attached hydrogens (tertiary/aromatic N) is 2. The van der Waals surface area contributed by atoms with Crippen molar-refractivity contribution in [3.8, 4) is 0 Å². The van der Waals surface area contributed by atoms with Crippen LogP contribution in [0.3, 0.4) is 0 Å². The molecular formula is C8H13N3O. The van der Waals surface area contributed by atoms with E-state index in [1.807, 2.05) is 16.9 Å². The lowest BCUT2D eigenvalue weighted by Gasteiger charge is -2.32. The maximum Gasteiger partial charge on any atom is 0.0879 e. The van der Waals surface area contributed by atoms with Gasteiger partial charge in [0.2, 0.25) is 0 Å². The first-order valence-electron chi connectivity index (χ1n) is 4.20. The summed E-state index contributed by atoms with van der Waals surface area (Å²) in [6, 6.07) is 2.64. The normalized spacial score (nSPS) is 28.5. The summed E-state index contributed by atoms with van der Waals surface area (Å²) in [6.45, 7) is 0.0196. The van der Waals surface area contributed by atoms with Crippen LogP contribution in [0.2, 0.25) is 0 Å². The van der Waals surface area contributed by atoms with Crippen molar-refractivity contribution in [1.29, 1.82) is 0 Å². The number of rotatable bonds is 2. The van der Waals surface area contributed by atoms with Crippen LogP contribution in [0.15, 0.2) is 12.3 Å². The molecule has 0 saturated heterocycles. The fraction of sp³-hybridized carbons (Fsp3) is 0.625. The van der Waals surface area contributed by atoms with Gasteiger partial charge >= 0.3 is 0 Å². The van der Waals surface area contributed by atoms with Gasteiger partial charge in [-0.25, -0.2) is 0 Å². The number of aliphatic hydroxyl groups is 1. The molecule has 1 aliphatic rings. The van der Waals surface area contributed by atoms with Gasteiger partial charge in [0.15, 0.2) is 0 Å². The molecule has 1 fully saturated rings. The molecule has 0 aromatic carbocycles. The Bertz CT molecular complexity index is 265. The summed E-state index contributed by atoms with van der Waals surface area (Å²) in [4.78, 5) is 0. The number of aliphatic hydroxyl groups excluding tert-OH is 1. The van der Waals surface area contributed by atoms with Crippen LogP contribution in [-0.4, -0.2) is 20.9 Å². The molecule has 3 N–H and O–H groups in total. The fourth-order valence-corrected chi connectivity index (χ4v) is 1.51. The van der Waals surface area contributed by atoms with Crippen molar-refractivity contribution in [2.75, 3.05) is 0 Å². The van der Waals surface area contributed by atoms with Gasteiger partial charge in [-0.3, -0.25) is 4.68 Å². The van der Waals surface area contributed by atoms with Crippen LogP contribution in [0.1, 0.15) is 24.6 Å². The molecular weight excluding hydrogens is 154 g/mol. The highest BCUT2D eigenvalue weighted by molar-refractivity contribution is 4.99. The summed E-state index contributed by atoms with van der Waals surface area (Å²) >= 11 is 0. The smallest absolute Gasteiger partial charge is 0.0879 e. The molecule has 4 nitrogen and oxygen atoms in total. The molecule has 0 unspecified atom stereocenters. The fourth-order valence-electron chi connectivity index (χ4n) is 1.51. The van der Waals surface area contributed by atoms with Crippen molar-refractivity contribution in [3.05, 3.63) is 18.0 Å². The molecule has 0 radical (unpaired) electrons. The Morgan fingerprint density at radius 1 is 1.67 bits per heavy atom. The molecule has 2 rings (SSSR count). The molecule has 4 heteroatoms. The van der Waals surface area contributed by atoms with Crippen LogP contribution in [0.25, 0.3) is 0 Å². The van der Waals surface area contributed by atoms with Gasteiger partial charge < -0.3 is 10.8 Å². The topological polar surface area (TPSA) is 64.1 Å². The quantitative estimate of drug-likeness (QED) is 0.653. The molecule has 1 aromatic rings. The van der Waals surface area contributed by atoms with E-state index in [0.29, 0.717) is 12.1 Å². The third-order valence-electron chi connectivity index (χ3n) is 2.35. The summed E-state index contributed by atoms with van der Waals surface area (Å²) in [5.41, 5.74) is 6.39. The van der Waals surface area contributed by atoms with Crippen molar-refractivity contribution in [2.24, 2.45) is 5.73 Å². The van der Waals surface area contributed by atoms with E-state index in [0.717, 1.165) is 18.5 Å². The Hall–Kier alpha value is -0.870. The van der Waals surface area contributed by atoms with E-state index in [-0.39, 0.29) is 6.61 Å². The molecule has 0 bridgehead atoms. The number of aromatic nitrogens is 2. The van der Waals surface area contributed by atoms with E-state index in [1.165, 1.54) is 0 Å². The number of hydrogen-bond donors (Lipinski definition) is 2. The van der Waals surface area contributed by atoms with E-state index >= 15 is 0 Å². The summed E-state index contributed by atoms with van der Waals surface area (Å²) in [7, 11) is 0. The van der Waals surface area contributed by atoms with Gasteiger partial charge in [0.1, 0.15) is 0 Å². The highest BCUT2D eigenvalue weighted by Crippen LogP contribution is 2.29.